The molecule has 0 aromatic heterocycles. The molecular weight excluding hydrogens is 168 g/mol. The Hall–Kier alpha value is -0.610. The summed E-state index contributed by atoms with van der Waals surface area (Å²) in [7, 11) is 1.94. The second-order valence-corrected chi connectivity index (χ2v) is 3.17. The summed E-state index contributed by atoms with van der Waals surface area (Å²) in [5, 5.41) is 12.1. The number of amides is 1. The second-order valence-electron chi connectivity index (χ2n) is 3.17. The first-order valence-corrected chi connectivity index (χ1v) is 4.73. The number of rotatable bonds is 6. The molecule has 0 spiro atoms. The molecule has 0 fully saturated rings. The molecule has 0 radical (unpaired) electrons. The minimum atomic E-state index is -0.472. The van der Waals surface area contributed by atoms with E-state index in [1.165, 1.54) is 0 Å². The van der Waals surface area contributed by atoms with Gasteiger partial charge in [0.15, 0.2) is 0 Å². The maximum absolute atomic E-state index is 10.8. The Morgan fingerprint density at radius 1 is 1.54 bits per heavy atom. The molecule has 1 amide bonds. The van der Waals surface area contributed by atoms with Crippen LogP contribution >= 0.6 is 0 Å². The third-order valence-electron chi connectivity index (χ3n) is 1.92. The molecule has 1 atom stereocenters. The first-order valence-electron chi connectivity index (χ1n) is 4.73. The number of nitrogens with zero attached hydrogens (tertiary/aromatic N) is 1. The summed E-state index contributed by atoms with van der Waals surface area (Å²) >= 11 is 0. The lowest BCUT2D eigenvalue weighted by Crippen LogP contribution is -2.38. The van der Waals surface area contributed by atoms with E-state index in [9.17, 15) is 9.90 Å². The van der Waals surface area contributed by atoms with Crippen molar-refractivity contribution < 1.29 is 9.90 Å². The highest BCUT2D eigenvalue weighted by molar-refractivity contribution is 5.75. The van der Waals surface area contributed by atoms with Gasteiger partial charge in [0, 0.05) is 19.5 Å². The zero-order chi connectivity index (χ0) is 10.3. The van der Waals surface area contributed by atoms with Gasteiger partial charge in [-0.25, -0.2) is 0 Å². The van der Waals surface area contributed by atoms with E-state index in [0.717, 1.165) is 6.54 Å². The van der Waals surface area contributed by atoms with Crippen molar-refractivity contribution in [2.75, 3.05) is 26.7 Å². The van der Waals surface area contributed by atoms with Crippen molar-refractivity contribution in [3.05, 3.63) is 0 Å². The van der Waals surface area contributed by atoms with Crippen LogP contribution in [-0.4, -0.2) is 48.7 Å². The number of carbonyl (C=O) groups is 1. The van der Waals surface area contributed by atoms with Gasteiger partial charge in [-0.05, 0) is 13.6 Å². The molecule has 0 aromatic rings. The fourth-order valence-corrected chi connectivity index (χ4v) is 0.910. The molecule has 0 aliphatic heterocycles. The van der Waals surface area contributed by atoms with Gasteiger partial charge in [-0.2, -0.15) is 0 Å². The van der Waals surface area contributed by atoms with Gasteiger partial charge in [-0.15, -0.1) is 0 Å². The molecule has 13 heavy (non-hydrogen) atoms. The van der Waals surface area contributed by atoms with Crippen LogP contribution in [0.15, 0.2) is 0 Å². The number of nitrogens with one attached hydrogen (secondary N) is 1. The largest absolute Gasteiger partial charge is 0.390 e. The van der Waals surface area contributed by atoms with E-state index in [2.05, 4.69) is 5.32 Å². The lowest BCUT2D eigenvalue weighted by molar-refractivity contribution is -0.121. The molecule has 4 heteroatoms. The minimum Gasteiger partial charge on any atom is -0.390 e. The van der Waals surface area contributed by atoms with Crippen molar-refractivity contribution in [3.63, 3.8) is 0 Å². The number of hydrogen-bond acceptors (Lipinski definition) is 3. The van der Waals surface area contributed by atoms with E-state index >= 15 is 0 Å². The van der Waals surface area contributed by atoms with Gasteiger partial charge in [-0.3, -0.25) is 4.79 Å². The molecule has 1 unspecified atom stereocenters. The molecule has 0 aromatic carbocycles. The Kier molecular flexibility index (Phi) is 6.54. The van der Waals surface area contributed by atoms with Crippen LogP contribution in [0.5, 0.6) is 0 Å². The molecule has 0 saturated heterocycles. The molecule has 4 nitrogen and oxygen atoms in total. The highest BCUT2D eigenvalue weighted by Crippen LogP contribution is 1.87. The van der Waals surface area contributed by atoms with Gasteiger partial charge in [0.1, 0.15) is 0 Å². The molecule has 0 aliphatic rings. The summed E-state index contributed by atoms with van der Waals surface area (Å²) in [5.41, 5.74) is 0. The second kappa shape index (κ2) is 6.86. The maximum atomic E-state index is 10.8. The Bertz CT molecular complexity index is 151. The van der Waals surface area contributed by atoms with Crippen molar-refractivity contribution in [2.24, 2.45) is 0 Å². The number of likely N-dealkylation sites (N-methyl/N-ethyl adjacent to an activating group) is 1. The third-order valence-corrected chi connectivity index (χ3v) is 1.92. The molecule has 0 saturated carbocycles. The molecule has 0 rings (SSSR count). The van der Waals surface area contributed by atoms with Gasteiger partial charge >= 0.3 is 0 Å². The van der Waals surface area contributed by atoms with Crippen LogP contribution in [0, 0.1) is 0 Å². The van der Waals surface area contributed by atoms with Gasteiger partial charge in [0.05, 0.1) is 6.10 Å². The normalized spacial score (nSPS) is 13.0. The highest BCUT2D eigenvalue weighted by atomic mass is 16.3. The van der Waals surface area contributed by atoms with Gasteiger partial charge < -0.3 is 15.3 Å². The average Bonchev–Trinajstić information content (AvgIpc) is 2.13. The Balaban J connectivity index is 3.50. The van der Waals surface area contributed by atoms with E-state index in [-0.39, 0.29) is 5.91 Å². The van der Waals surface area contributed by atoms with Gasteiger partial charge in [0.2, 0.25) is 5.91 Å². The predicted molar refractivity (Wildman–Crippen MR) is 52.5 cm³/mol. The van der Waals surface area contributed by atoms with Crippen LogP contribution in [0.3, 0.4) is 0 Å². The summed E-state index contributed by atoms with van der Waals surface area (Å²) in [5.74, 6) is -0.0156. The van der Waals surface area contributed by atoms with E-state index in [1.54, 1.807) is 6.92 Å². The SMILES string of the molecule is CCC(=O)NCC(O)CN(C)CC. The van der Waals surface area contributed by atoms with Crippen molar-refractivity contribution in [1.82, 2.24) is 10.2 Å². The van der Waals surface area contributed by atoms with Gasteiger partial charge in [0.25, 0.3) is 0 Å². The summed E-state index contributed by atoms with van der Waals surface area (Å²) in [6, 6.07) is 0. The fourth-order valence-electron chi connectivity index (χ4n) is 0.910. The molecule has 2 N–H and O–H groups in total. The number of aliphatic hydroxyl groups excluding tert-OH is 1. The summed E-state index contributed by atoms with van der Waals surface area (Å²) < 4.78 is 0. The highest BCUT2D eigenvalue weighted by Gasteiger charge is 2.07. The van der Waals surface area contributed by atoms with Crippen molar-refractivity contribution in [3.8, 4) is 0 Å². The quantitative estimate of drug-likeness (QED) is 0.608. The Morgan fingerprint density at radius 2 is 2.15 bits per heavy atom. The minimum absolute atomic E-state index is 0.0156. The maximum Gasteiger partial charge on any atom is 0.219 e. The fraction of sp³-hybridized carbons (Fsp3) is 0.889. The summed E-state index contributed by atoms with van der Waals surface area (Å²) in [6.45, 7) is 5.66. The molecular formula is C9H20N2O2. The topological polar surface area (TPSA) is 52.6 Å². The molecule has 0 bridgehead atoms. The zero-order valence-electron chi connectivity index (χ0n) is 8.71. The Labute approximate surface area is 79.9 Å². The summed E-state index contributed by atoms with van der Waals surface area (Å²) in [6.07, 6.45) is -0.00322. The molecule has 78 valence electrons. The third kappa shape index (κ3) is 6.54. The zero-order valence-corrected chi connectivity index (χ0v) is 8.71. The van der Waals surface area contributed by atoms with Crippen LogP contribution < -0.4 is 5.32 Å². The van der Waals surface area contributed by atoms with Gasteiger partial charge in [-0.1, -0.05) is 13.8 Å². The molecule has 0 heterocycles. The summed E-state index contributed by atoms with van der Waals surface area (Å²) in [4.78, 5) is 12.8. The smallest absolute Gasteiger partial charge is 0.219 e. The monoisotopic (exact) mass is 188 g/mol. The van der Waals surface area contributed by atoms with E-state index in [0.29, 0.717) is 19.5 Å². The first-order chi connectivity index (χ1) is 6.10. The average molecular weight is 188 g/mol. The Morgan fingerprint density at radius 3 is 2.62 bits per heavy atom. The lowest BCUT2D eigenvalue weighted by Gasteiger charge is -2.18. The predicted octanol–water partition coefficient (Wildman–Crippen LogP) is -0.175. The van der Waals surface area contributed by atoms with Crippen molar-refractivity contribution in [1.29, 1.82) is 0 Å². The first kappa shape index (κ1) is 12.4. The van der Waals surface area contributed by atoms with Crippen molar-refractivity contribution in [2.45, 2.75) is 26.4 Å². The van der Waals surface area contributed by atoms with Crippen LogP contribution in [0.25, 0.3) is 0 Å². The standard InChI is InChI=1S/C9H20N2O2/c1-4-9(13)10-6-8(12)7-11(3)5-2/h8,12H,4-7H2,1-3H3,(H,10,13). The number of aliphatic hydroxyl groups is 1. The van der Waals surface area contributed by atoms with E-state index < -0.39 is 6.10 Å². The van der Waals surface area contributed by atoms with E-state index in [4.69, 9.17) is 0 Å². The molecule has 0 aliphatic carbocycles. The number of carbonyl (C=O) groups excluding carboxylic acids is 1. The van der Waals surface area contributed by atoms with Crippen LogP contribution in [0.4, 0.5) is 0 Å². The van der Waals surface area contributed by atoms with Crippen LogP contribution in [-0.2, 0) is 4.79 Å². The lowest BCUT2D eigenvalue weighted by atomic mass is 10.3. The van der Waals surface area contributed by atoms with Crippen LogP contribution in [0.1, 0.15) is 20.3 Å². The van der Waals surface area contributed by atoms with E-state index in [1.807, 2.05) is 18.9 Å². The number of hydrogen-bond donors (Lipinski definition) is 2. The van der Waals surface area contributed by atoms with Crippen LogP contribution in [0.2, 0.25) is 0 Å². The van der Waals surface area contributed by atoms with Crippen molar-refractivity contribution >= 4 is 5.91 Å².